The van der Waals surface area contributed by atoms with Crippen LogP contribution in [-0.4, -0.2) is 35.7 Å². The minimum atomic E-state index is -0.680. The van der Waals surface area contributed by atoms with Crippen molar-refractivity contribution < 1.29 is 19.4 Å². The molecule has 0 aromatic carbocycles. The third kappa shape index (κ3) is 2.76. The van der Waals surface area contributed by atoms with Crippen LogP contribution in [0.3, 0.4) is 0 Å². The lowest BCUT2D eigenvalue weighted by molar-refractivity contribution is -0.138. The molecule has 2 aliphatic carbocycles. The van der Waals surface area contributed by atoms with Gasteiger partial charge in [0, 0.05) is 18.6 Å². The largest absolute Gasteiger partial charge is 0.481 e. The Morgan fingerprint density at radius 3 is 2.63 bits per heavy atom. The summed E-state index contributed by atoms with van der Waals surface area (Å²) in [5.74, 6) is 0.0728. The lowest BCUT2D eigenvalue weighted by Crippen LogP contribution is -2.38. The summed E-state index contributed by atoms with van der Waals surface area (Å²) in [7, 11) is 0. The molecule has 19 heavy (non-hydrogen) atoms. The summed E-state index contributed by atoms with van der Waals surface area (Å²) in [6.45, 7) is 2.66. The smallest absolute Gasteiger partial charge is 0.306 e. The fourth-order valence-electron chi connectivity index (χ4n) is 3.36. The van der Waals surface area contributed by atoms with Crippen LogP contribution in [0, 0.1) is 23.7 Å². The van der Waals surface area contributed by atoms with E-state index >= 15 is 0 Å². The molecule has 0 aromatic rings. The number of nitrogens with one attached hydrogen (secondary N) is 1. The number of hydrogen-bond acceptors (Lipinski definition) is 3. The van der Waals surface area contributed by atoms with Crippen molar-refractivity contribution in [2.75, 3.05) is 6.61 Å². The van der Waals surface area contributed by atoms with Crippen LogP contribution in [-0.2, 0) is 14.3 Å². The second-order valence-corrected chi connectivity index (χ2v) is 6.26. The number of hydrogen-bond donors (Lipinski definition) is 2. The van der Waals surface area contributed by atoms with E-state index in [0.717, 1.165) is 25.7 Å². The number of aliphatic carboxylic acids is 1. The molecule has 106 valence electrons. The average Bonchev–Trinajstić information content (AvgIpc) is 3.21. The third-order valence-electron chi connectivity index (χ3n) is 4.73. The molecule has 0 radical (unpaired) electrons. The van der Waals surface area contributed by atoms with E-state index in [-0.39, 0.29) is 29.9 Å². The maximum Gasteiger partial charge on any atom is 0.306 e. The van der Waals surface area contributed by atoms with E-state index in [1.165, 1.54) is 0 Å². The van der Waals surface area contributed by atoms with Crippen LogP contribution in [0.4, 0.5) is 0 Å². The summed E-state index contributed by atoms with van der Waals surface area (Å²) >= 11 is 0. The van der Waals surface area contributed by atoms with Crippen molar-refractivity contribution in [3.8, 4) is 0 Å². The van der Waals surface area contributed by atoms with E-state index in [2.05, 4.69) is 5.32 Å². The van der Waals surface area contributed by atoms with Crippen LogP contribution in [0.1, 0.15) is 32.6 Å². The Hall–Kier alpha value is -1.10. The van der Waals surface area contributed by atoms with Crippen molar-refractivity contribution in [1.29, 1.82) is 0 Å². The van der Waals surface area contributed by atoms with Crippen molar-refractivity contribution in [3.05, 3.63) is 0 Å². The highest BCUT2D eigenvalue weighted by Gasteiger charge is 2.57. The molecule has 3 aliphatic rings. The first kappa shape index (κ1) is 12.9. The van der Waals surface area contributed by atoms with Gasteiger partial charge in [-0.05, 0) is 44.4 Å². The normalized spacial score (nSPS) is 44.5. The molecule has 0 bridgehead atoms. The quantitative estimate of drug-likeness (QED) is 0.797. The van der Waals surface area contributed by atoms with Gasteiger partial charge in [-0.1, -0.05) is 0 Å². The van der Waals surface area contributed by atoms with Crippen molar-refractivity contribution in [2.24, 2.45) is 23.7 Å². The summed E-state index contributed by atoms with van der Waals surface area (Å²) in [5, 5.41) is 12.0. The Bertz CT molecular complexity index is 397. The van der Waals surface area contributed by atoms with Gasteiger partial charge < -0.3 is 15.2 Å². The Labute approximate surface area is 112 Å². The molecule has 5 heteroatoms. The van der Waals surface area contributed by atoms with Crippen molar-refractivity contribution in [1.82, 2.24) is 5.32 Å². The molecule has 1 amide bonds. The van der Waals surface area contributed by atoms with Gasteiger partial charge in [0.25, 0.3) is 0 Å². The molecule has 3 rings (SSSR count). The Morgan fingerprint density at radius 1 is 1.21 bits per heavy atom. The Kier molecular flexibility index (Phi) is 3.25. The maximum absolute atomic E-state index is 12.1. The van der Waals surface area contributed by atoms with Crippen molar-refractivity contribution >= 4 is 11.9 Å². The molecule has 2 unspecified atom stereocenters. The zero-order chi connectivity index (χ0) is 13.6. The van der Waals surface area contributed by atoms with Gasteiger partial charge in [-0.25, -0.2) is 0 Å². The molecule has 2 saturated carbocycles. The van der Waals surface area contributed by atoms with Crippen molar-refractivity contribution in [3.63, 3.8) is 0 Å². The van der Waals surface area contributed by atoms with Gasteiger partial charge in [0.2, 0.25) is 5.91 Å². The van der Waals surface area contributed by atoms with E-state index in [1.807, 2.05) is 6.92 Å². The molecule has 1 heterocycles. The Balaban J connectivity index is 1.43. The second kappa shape index (κ2) is 4.78. The highest BCUT2D eigenvalue weighted by molar-refractivity contribution is 5.79. The van der Waals surface area contributed by atoms with Crippen LogP contribution in [0.2, 0.25) is 0 Å². The number of carbonyl (C=O) groups is 2. The van der Waals surface area contributed by atoms with Crippen LogP contribution in [0.25, 0.3) is 0 Å². The SMILES string of the molecule is CC1CC(C(=O)N[C@@H]2C[C@@H]2[C@@H]2C[C@@H]2C(=O)O)CCO1. The Morgan fingerprint density at radius 2 is 2.00 bits per heavy atom. The van der Waals surface area contributed by atoms with Gasteiger partial charge in [0.05, 0.1) is 12.0 Å². The van der Waals surface area contributed by atoms with Gasteiger partial charge in [-0.3, -0.25) is 9.59 Å². The lowest BCUT2D eigenvalue weighted by Gasteiger charge is -2.26. The fraction of sp³-hybridized carbons (Fsp3) is 0.857. The second-order valence-electron chi connectivity index (χ2n) is 6.26. The molecular weight excluding hydrogens is 246 g/mol. The van der Waals surface area contributed by atoms with Gasteiger partial charge >= 0.3 is 5.97 Å². The molecular formula is C14H21NO4. The fourth-order valence-corrected chi connectivity index (χ4v) is 3.36. The van der Waals surface area contributed by atoms with E-state index in [4.69, 9.17) is 9.84 Å². The predicted molar refractivity (Wildman–Crippen MR) is 67.4 cm³/mol. The van der Waals surface area contributed by atoms with Gasteiger partial charge in [-0.2, -0.15) is 0 Å². The van der Waals surface area contributed by atoms with E-state index in [1.54, 1.807) is 0 Å². The number of carboxylic acid groups (broad SMARTS) is 1. The average molecular weight is 267 g/mol. The highest BCUT2D eigenvalue weighted by Crippen LogP contribution is 2.54. The third-order valence-corrected chi connectivity index (χ3v) is 4.73. The minimum absolute atomic E-state index is 0.0690. The van der Waals surface area contributed by atoms with Crippen LogP contribution in [0.5, 0.6) is 0 Å². The number of ether oxygens (including phenoxy) is 1. The van der Waals surface area contributed by atoms with Gasteiger partial charge in [0.15, 0.2) is 0 Å². The maximum atomic E-state index is 12.1. The highest BCUT2D eigenvalue weighted by atomic mass is 16.5. The van der Waals surface area contributed by atoms with Gasteiger partial charge in [0.1, 0.15) is 0 Å². The molecule has 6 atom stereocenters. The zero-order valence-electron chi connectivity index (χ0n) is 11.2. The zero-order valence-corrected chi connectivity index (χ0v) is 11.2. The van der Waals surface area contributed by atoms with E-state index in [0.29, 0.717) is 18.4 Å². The summed E-state index contributed by atoms with van der Waals surface area (Å²) < 4.78 is 5.44. The molecule has 0 spiro atoms. The molecule has 5 nitrogen and oxygen atoms in total. The number of amides is 1. The monoisotopic (exact) mass is 267 g/mol. The summed E-state index contributed by atoms with van der Waals surface area (Å²) in [4.78, 5) is 22.9. The lowest BCUT2D eigenvalue weighted by atomic mass is 9.95. The summed E-state index contributed by atoms with van der Waals surface area (Å²) in [5.41, 5.74) is 0. The summed E-state index contributed by atoms with van der Waals surface area (Å²) in [6.07, 6.45) is 3.51. The standard InChI is InChI=1S/C14H21NO4/c1-7-4-8(2-3-19-7)13(16)15-12-6-10(12)9-5-11(9)14(17)18/h7-12H,2-6H2,1H3,(H,15,16)(H,17,18)/t7?,8?,9-,10+,11-,12+/m0/s1. The van der Waals surface area contributed by atoms with Gasteiger partial charge in [-0.15, -0.1) is 0 Å². The van der Waals surface area contributed by atoms with Crippen LogP contribution >= 0.6 is 0 Å². The molecule has 3 fully saturated rings. The number of carboxylic acids is 1. The van der Waals surface area contributed by atoms with E-state index < -0.39 is 5.97 Å². The van der Waals surface area contributed by atoms with Crippen molar-refractivity contribution in [2.45, 2.75) is 44.8 Å². The first-order chi connectivity index (χ1) is 9.06. The minimum Gasteiger partial charge on any atom is -0.481 e. The van der Waals surface area contributed by atoms with Crippen LogP contribution in [0.15, 0.2) is 0 Å². The summed E-state index contributed by atoms with van der Waals surface area (Å²) in [6, 6.07) is 0.222. The molecule has 2 N–H and O–H groups in total. The first-order valence-corrected chi connectivity index (χ1v) is 7.21. The number of carbonyl (C=O) groups excluding carboxylic acids is 1. The topological polar surface area (TPSA) is 75.6 Å². The number of rotatable bonds is 4. The predicted octanol–water partition coefficient (Wildman–Crippen LogP) is 1.03. The first-order valence-electron chi connectivity index (χ1n) is 7.21. The molecule has 1 saturated heterocycles. The molecule has 0 aromatic heterocycles. The van der Waals surface area contributed by atoms with E-state index in [9.17, 15) is 9.59 Å². The van der Waals surface area contributed by atoms with Crippen LogP contribution < -0.4 is 5.32 Å². The molecule has 1 aliphatic heterocycles.